The van der Waals surface area contributed by atoms with Crippen molar-refractivity contribution in [3.8, 4) is 5.69 Å². The van der Waals surface area contributed by atoms with E-state index in [1.807, 2.05) is 0 Å². The number of sulfone groups is 1. The molecule has 0 saturated carbocycles. The van der Waals surface area contributed by atoms with Crippen molar-refractivity contribution in [2.24, 2.45) is 5.92 Å². The molecule has 2 heterocycles. The van der Waals surface area contributed by atoms with Crippen molar-refractivity contribution in [1.29, 1.82) is 0 Å². The summed E-state index contributed by atoms with van der Waals surface area (Å²) in [6.07, 6.45) is 5.41. The number of rotatable bonds is 3. The molecule has 1 amide bonds. The number of carbonyl (C=O) groups excluding carboxylic acids is 1. The van der Waals surface area contributed by atoms with E-state index in [0.29, 0.717) is 17.1 Å². The number of hydrogen-bond acceptors (Lipinski definition) is 4. The van der Waals surface area contributed by atoms with Crippen molar-refractivity contribution in [1.82, 2.24) is 9.55 Å². The van der Waals surface area contributed by atoms with Crippen LogP contribution >= 0.6 is 11.6 Å². The predicted octanol–water partition coefficient (Wildman–Crippen LogP) is 1.90. The van der Waals surface area contributed by atoms with Gasteiger partial charge in [0.2, 0.25) is 5.91 Å². The summed E-state index contributed by atoms with van der Waals surface area (Å²) in [5, 5.41) is 3.19. The van der Waals surface area contributed by atoms with E-state index >= 15 is 0 Å². The fraction of sp³-hybridized carbons (Fsp3) is 0.286. The van der Waals surface area contributed by atoms with Gasteiger partial charge in [0.25, 0.3) is 0 Å². The van der Waals surface area contributed by atoms with Crippen molar-refractivity contribution < 1.29 is 13.2 Å². The summed E-state index contributed by atoms with van der Waals surface area (Å²) in [5.74, 6) is -0.782. The van der Waals surface area contributed by atoms with Crippen LogP contribution in [0.5, 0.6) is 0 Å². The highest BCUT2D eigenvalue weighted by atomic mass is 35.5. The van der Waals surface area contributed by atoms with E-state index in [4.69, 9.17) is 11.6 Å². The second kappa shape index (κ2) is 5.73. The molecule has 6 nitrogen and oxygen atoms in total. The zero-order valence-electron chi connectivity index (χ0n) is 11.6. The molecule has 0 spiro atoms. The number of nitrogens with zero attached hydrogens (tertiary/aromatic N) is 2. The number of amides is 1. The van der Waals surface area contributed by atoms with Gasteiger partial charge in [0.15, 0.2) is 9.84 Å². The summed E-state index contributed by atoms with van der Waals surface area (Å²) in [6.45, 7) is 0. The number of nitrogens with one attached hydrogen (secondary N) is 1. The number of benzene rings is 1. The van der Waals surface area contributed by atoms with Crippen LogP contribution in [0.1, 0.15) is 6.42 Å². The van der Waals surface area contributed by atoms with Crippen LogP contribution in [0, 0.1) is 5.92 Å². The number of carbonyl (C=O) groups is 1. The van der Waals surface area contributed by atoms with Gasteiger partial charge < -0.3 is 9.88 Å². The fourth-order valence-corrected chi connectivity index (χ4v) is 4.46. The van der Waals surface area contributed by atoms with Crippen LogP contribution in [0.3, 0.4) is 0 Å². The summed E-state index contributed by atoms with van der Waals surface area (Å²) in [6, 6.07) is 5.13. The molecule has 1 aromatic heterocycles. The molecular weight excluding hydrogens is 326 g/mol. The third kappa shape index (κ3) is 3.15. The quantitative estimate of drug-likeness (QED) is 0.926. The number of halogens is 1. The number of hydrogen-bond donors (Lipinski definition) is 1. The average Bonchev–Trinajstić information content (AvgIpc) is 3.08. The molecule has 2 aromatic rings. The van der Waals surface area contributed by atoms with E-state index < -0.39 is 15.8 Å². The average molecular weight is 340 g/mol. The van der Waals surface area contributed by atoms with Gasteiger partial charge in [-0.05, 0) is 24.6 Å². The topological polar surface area (TPSA) is 81.1 Å². The van der Waals surface area contributed by atoms with Gasteiger partial charge in [-0.25, -0.2) is 13.4 Å². The van der Waals surface area contributed by atoms with Gasteiger partial charge in [0.05, 0.1) is 34.5 Å². The fourth-order valence-electron chi connectivity index (χ4n) is 2.44. The Morgan fingerprint density at radius 2 is 2.23 bits per heavy atom. The molecule has 0 aliphatic carbocycles. The maximum atomic E-state index is 12.1. The van der Waals surface area contributed by atoms with E-state index in [9.17, 15) is 13.2 Å². The lowest BCUT2D eigenvalue weighted by Gasteiger charge is -2.11. The summed E-state index contributed by atoms with van der Waals surface area (Å²) < 4.78 is 24.6. The zero-order chi connectivity index (χ0) is 15.7. The molecule has 1 atom stereocenters. The maximum Gasteiger partial charge on any atom is 0.228 e. The Morgan fingerprint density at radius 3 is 2.82 bits per heavy atom. The molecule has 1 aliphatic rings. The highest BCUT2D eigenvalue weighted by molar-refractivity contribution is 7.91. The van der Waals surface area contributed by atoms with Crippen LogP contribution in [0.25, 0.3) is 5.69 Å². The SMILES string of the molecule is O=C(Nc1ccc(-n2ccnc2)c(Cl)c1)C1CCS(=O)(=O)C1. The summed E-state index contributed by atoms with van der Waals surface area (Å²) in [4.78, 5) is 16.0. The minimum absolute atomic E-state index is 0.0748. The van der Waals surface area contributed by atoms with Crippen LogP contribution in [-0.2, 0) is 14.6 Å². The van der Waals surface area contributed by atoms with Crippen molar-refractivity contribution >= 4 is 33.0 Å². The largest absolute Gasteiger partial charge is 0.326 e. The molecule has 8 heteroatoms. The molecule has 116 valence electrons. The van der Waals surface area contributed by atoms with Crippen molar-refractivity contribution in [2.75, 3.05) is 16.8 Å². The number of anilines is 1. The molecule has 1 aromatic carbocycles. The van der Waals surface area contributed by atoms with Gasteiger partial charge in [0, 0.05) is 18.1 Å². The van der Waals surface area contributed by atoms with Gasteiger partial charge in [-0.15, -0.1) is 0 Å². The Hall–Kier alpha value is -1.86. The third-order valence-electron chi connectivity index (χ3n) is 3.60. The minimum atomic E-state index is -3.07. The highest BCUT2D eigenvalue weighted by Crippen LogP contribution is 2.26. The van der Waals surface area contributed by atoms with E-state index in [0.717, 1.165) is 5.69 Å². The normalized spacial score (nSPS) is 20.0. The molecule has 1 saturated heterocycles. The zero-order valence-corrected chi connectivity index (χ0v) is 13.1. The molecule has 3 rings (SSSR count). The van der Waals surface area contributed by atoms with Crippen molar-refractivity contribution in [3.63, 3.8) is 0 Å². The lowest BCUT2D eigenvalue weighted by atomic mass is 10.1. The van der Waals surface area contributed by atoms with Crippen LogP contribution < -0.4 is 5.32 Å². The first-order valence-corrected chi connectivity index (χ1v) is 8.94. The van der Waals surface area contributed by atoms with E-state index in [1.165, 1.54) is 0 Å². The smallest absolute Gasteiger partial charge is 0.228 e. The van der Waals surface area contributed by atoms with Crippen LogP contribution in [-0.4, -0.2) is 35.4 Å². The predicted molar refractivity (Wildman–Crippen MR) is 84.0 cm³/mol. The monoisotopic (exact) mass is 339 g/mol. The molecule has 1 unspecified atom stereocenters. The van der Waals surface area contributed by atoms with Crippen molar-refractivity contribution in [3.05, 3.63) is 41.9 Å². The van der Waals surface area contributed by atoms with E-state index in [1.54, 1.807) is 41.5 Å². The minimum Gasteiger partial charge on any atom is -0.326 e. The first-order valence-electron chi connectivity index (χ1n) is 6.74. The lowest BCUT2D eigenvalue weighted by Crippen LogP contribution is -2.23. The summed E-state index contributed by atoms with van der Waals surface area (Å²) in [5.41, 5.74) is 1.30. The van der Waals surface area contributed by atoms with Gasteiger partial charge in [-0.3, -0.25) is 4.79 Å². The first-order chi connectivity index (χ1) is 10.4. The second-order valence-electron chi connectivity index (χ2n) is 5.23. The third-order valence-corrected chi connectivity index (χ3v) is 5.67. The van der Waals surface area contributed by atoms with Gasteiger partial charge >= 0.3 is 0 Å². The van der Waals surface area contributed by atoms with Crippen molar-refractivity contribution in [2.45, 2.75) is 6.42 Å². The van der Waals surface area contributed by atoms with Crippen LogP contribution in [0.4, 0.5) is 5.69 Å². The van der Waals surface area contributed by atoms with Crippen LogP contribution in [0.15, 0.2) is 36.9 Å². The Balaban J connectivity index is 1.74. The van der Waals surface area contributed by atoms with Gasteiger partial charge in [0.1, 0.15) is 0 Å². The maximum absolute atomic E-state index is 12.1. The number of aromatic nitrogens is 2. The Labute approximate surface area is 133 Å². The Morgan fingerprint density at radius 1 is 1.41 bits per heavy atom. The molecule has 0 radical (unpaired) electrons. The van der Waals surface area contributed by atoms with E-state index in [-0.39, 0.29) is 17.4 Å². The summed E-state index contributed by atoms with van der Waals surface area (Å²) >= 11 is 6.21. The first kappa shape index (κ1) is 15.1. The standard InChI is InChI=1S/C14H14ClN3O3S/c15-12-7-11(1-2-13(12)18-5-4-16-9-18)17-14(19)10-3-6-22(20,21)8-10/h1-2,4-5,7,9-10H,3,6,8H2,(H,17,19). The van der Waals surface area contributed by atoms with Gasteiger partial charge in [-0.1, -0.05) is 11.6 Å². The van der Waals surface area contributed by atoms with Gasteiger partial charge in [-0.2, -0.15) is 0 Å². The molecule has 1 N–H and O–H groups in total. The Kier molecular flexibility index (Phi) is 3.92. The molecule has 22 heavy (non-hydrogen) atoms. The second-order valence-corrected chi connectivity index (χ2v) is 7.86. The summed E-state index contributed by atoms with van der Waals surface area (Å²) in [7, 11) is -3.07. The lowest BCUT2D eigenvalue weighted by molar-refractivity contribution is -0.119. The molecular formula is C14H14ClN3O3S. The molecule has 1 fully saturated rings. The van der Waals surface area contributed by atoms with Crippen LogP contribution in [0.2, 0.25) is 5.02 Å². The molecule has 1 aliphatic heterocycles. The van der Waals surface area contributed by atoms with E-state index in [2.05, 4.69) is 10.3 Å². The Bertz CT molecular complexity index is 803. The highest BCUT2D eigenvalue weighted by Gasteiger charge is 2.32. The number of imidazole rings is 1. The molecule has 0 bridgehead atoms.